The van der Waals surface area contributed by atoms with Crippen LogP contribution in [0, 0.1) is 6.92 Å². The molecule has 0 saturated carbocycles. The highest BCUT2D eigenvalue weighted by Gasteiger charge is 2.20. The molecule has 0 aliphatic rings. The van der Waals surface area contributed by atoms with E-state index in [-0.39, 0.29) is 11.9 Å². The van der Waals surface area contributed by atoms with Crippen LogP contribution in [0.15, 0.2) is 35.1 Å². The molecule has 0 aliphatic heterocycles. The largest absolute Gasteiger partial charge is 0.334 e. The SMILES string of the molecule is Cc1ccc(C(C)N(C)C(=O)c2ccnc(Br)c2)s1. The Morgan fingerprint density at radius 3 is 2.74 bits per heavy atom. The first-order chi connectivity index (χ1) is 8.99. The van der Waals surface area contributed by atoms with Crippen LogP contribution in [0.5, 0.6) is 0 Å². The molecule has 0 bridgehead atoms. The number of carbonyl (C=O) groups is 1. The molecule has 2 aromatic rings. The summed E-state index contributed by atoms with van der Waals surface area (Å²) in [6.45, 7) is 4.11. The van der Waals surface area contributed by atoms with Crippen LogP contribution >= 0.6 is 27.3 Å². The third-order valence-corrected chi connectivity index (χ3v) is 4.65. The minimum Gasteiger partial charge on any atom is -0.334 e. The maximum atomic E-state index is 12.4. The molecule has 0 spiro atoms. The van der Waals surface area contributed by atoms with Gasteiger partial charge in [0.05, 0.1) is 6.04 Å². The van der Waals surface area contributed by atoms with Crippen molar-refractivity contribution in [3.8, 4) is 0 Å². The molecule has 1 amide bonds. The summed E-state index contributed by atoms with van der Waals surface area (Å²) in [5.74, 6) is 0.00153. The van der Waals surface area contributed by atoms with Crippen molar-refractivity contribution < 1.29 is 4.79 Å². The molecule has 0 aliphatic carbocycles. The zero-order chi connectivity index (χ0) is 14.0. The fourth-order valence-corrected chi connectivity index (χ4v) is 3.12. The summed E-state index contributed by atoms with van der Waals surface area (Å²) in [5.41, 5.74) is 0.643. The molecule has 0 radical (unpaired) electrons. The van der Waals surface area contributed by atoms with Gasteiger partial charge in [-0.2, -0.15) is 0 Å². The van der Waals surface area contributed by atoms with E-state index in [4.69, 9.17) is 0 Å². The Balaban J connectivity index is 2.19. The summed E-state index contributed by atoms with van der Waals surface area (Å²) in [5, 5.41) is 0. The quantitative estimate of drug-likeness (QED) is 0.791. The molecule has 5 heteroatoms. The van der Waals surface area contributed by atoms with E-state index in [1.165, 1.54) is 9.75 Å². The predicted octanol–water partition coefficient (Wildman–Crippen LogP) is 4.05. The number of amides is 1. The number of carbonyl (C=O) groups excluding carboxylic acids is 1. The van der Waals surface area contributed by atoms with E-state index < -0.39 is 0 Å². The van der Waals surface area contributed by atoms with Crippen molar-refractivity contribution in [3.63, 3.8) is 0 Å². The molecule has 1 unspecified atom stereocenters. The van der Waals surface area contributed by atoms with E-state index in [0.29, 0.717) is 10.2 Å². The number of nitrogens with zero attached hydrogens (tertiary/aromatic N) is 2. The molecule has 2 aromatic heterocycles. The van der Waals surface area contributed by atoms with Crippen molar-refractivity contribution in [1.82, 2.24) is 9.88 Å². The zero-order valence-electron chi connectivity index (χ0n) is 11.1. The minimum atomic E-state index is 0.00153. The van der Waals surface area contributed by atoms with E-state index in [2.05, 4.69) is 40.0 Å². The first-order valence-corrected chi connectivity index (χ1v) is 7.55. The lowest BCUT2D eigenvalue weighted by atomic mass is 10.2. The maximum Gasteiger partial charge on any atom is 0.254 e. The van der Waals surface area contributed by atoms with Crippen LogP contribution in [0.25, 0.3) is 0 Å². The Labute approximate surface area is 125 Å². The van der Waals surface area contributed by atoms with E-state index >= 15 is 0 Å². The topological polar surface area (TPSA) is 33.2 Å². The minimum absolute atomic E-state index is 0.00153. The van der Waals surface area contributed by atoms with Crippen LogP contribution in [-0.2, 0) is 0 Å². The van der Waals surface area contributed by atoms with Crippen molar-refractivity contribution >= 4 is 33.2 Å². The number of halogens is 1. The fourth-order valence-electron chi connectivity index (χ4n) is 1.78. The van der Waals surface area contributed by atoms with E-state index in [0.717, 1.165) is 0 Å². The normalized spacial score (nSPS) is 12.2. The van der Waals surface area contributed by atoms with Gasteiger partial charge in [0.25, 0.3) is 5.91 Å². The van der Waals surface area contributed by atoms with Crippen LogP contribution in [0.4, 0.5) is 0 Å². The fraction of sp³-hybridized carbons (Fsp3) is 0.286. The first kappa shape index (κ1) is 14.2. The van der Waals surface area contributed by atoms with E-state index in [9.17, 15) is 4.79 Å². The average Bonchev–Trinajstić information content (AvgIpc) is 2.83. The summed E-state index contributed by atoms with van der Waals surface area (Å²) >= 11 is 5.01. The van der Waals surface area contributed by atoms with Crippen LogP contribution < -0.4 is 0 Å². The second-order valence-corrected chi connectivity index (χ2v) is 6.54. The van der Waals surface area contributed by atoms with Gasteiger partial charge in [-0.15, -0.1) is 11.3 Å². The molecular weight excluding hydrogens is 324 g/mol. The van der Waals surface area contributed by atoms with Gasteiger partial charge in [-0.05, 0) is 54.0 Å². The number of thiophene rings is 1. The molecular formula is C14H15BrN2OS. The monoisotopic (exact) mass is 338 g/mol. The van der Waals surface area contributed by atoms with Gasteiger partial charge < -0.3 is 4.90 Å². The number of rotatable bonds is 3. The molecule has 2 heterocycles. The molecule has 2 rings (SSSR count). The summed E-state index contributed by atoms with van der Waals surface area (Å²) in [6.07, 6.45) is 1.63. The van der Waals surface area contributed by atoms with Gasteiger partial charge in [-0.1, -0.05) is 0 Å². The first-order valence-electron chi connectivity index (χ1n) is 5.94. The van der Waals surface area contributed by atoms with Crippen LogP contribution in [0.1, 0.15) is 33.1 Å². The van der Waals surface area contributed by atoms with Gasteiger partial charge in [0.15, 0.2) is 0 Å². The average molecular weight is 339 g/mol. The van der Waals surface area contributed by atoms with Crippen molar-refractivity contribution in [2.24, 2.45) is 0 Å². The van der Waals surface area contributed by atoms with Crippen molar-refractivity contribution in [2.45, 2.75) is 19.9 Å². The highest BCUT2D eigenvalue weighted by atomic mass is 79.9. The van der Waals surface area contributed by atoms with Crippen molar-refractivity contribution in [1.29, 1.82) is 0 Å². The molecule has 0 N–H and O–H groups in total. The molecule has 3 nitrogen and oxygen atoms in total. The van der Waals surface area contributed by atoms with E-state index in [1.807, 2.05) is 14.0 Å². The number of hydrogen-bond acceptors (Lipinski definition) is 3. The van der Waals surface area contributed by atoms with Gasteiger partial charge in [-0.3, -0.25) is 4.79 Å². The maximum absolute atomic E-state index is 12.4. The summed E-state index contributed by atoms with van der Waals surface area (Å²) in [7, 11) is 1.83. The third kappa shape index (κ3) is 3.22. The molecule has 0 fully saturated rings. The highest BCUT2D eigenvalue weighted by molar-refractivity contribution is 9.10. The molecule has 100 valence electrons. The lowest BCUT2D eigenvalue weighted by molar-refractivity contribution is 0.0744. The number of aromatic nitrogens is 1. The summed E-state index contributed by atoms with van der Waals surface area (Å²) in [6, 6.07) is 7.70. The molecule has 0 saturated heterocycles. The standard InChI is InChI=1S/C14H15BrN2OS/c1-9-4-5-12(19-9)10(2)17(3)14(18)11-6-7-16-13(15)8-11/h4-8,10H,1-3H3. The smallest absolute Gasteiger partial charge is 0.254 e. The van der Waals surface area contributed by atoms with Gasteiger partial charge in [0.2, 0.25) is 0 Å². The van der Waals surface area contributed by atoms with Gasteiger partial charge in [0.1, 0.15) is 4.60 Å². The number of aryl methyl sites for hydroxylation is 1. The molecule has 19 heavy (non-hydrogen) atoms. The lowest BCUT2D eigenvalue weighted by Gasteiger charge is -2.24. The zero-order valence-corrected chi connectivity index (χ0v) is 13.5. The Morgan fingerprint density at radius 2 is 2.16 bits per heavy atom. The predicted molar refractivity (Wildman–Crippen MR) is 81.5 cm³/mol. The Morgan fingerprint density at radius 1 is 1.42 bits per heavy atom. The lowest BCUT2D eigenvalue weighted by Crippen LogP contribution is -2.29. The summed E-state index contributed by atoms with van der Waals surface area (Å²) < 4.78 is 0.673. The number of hydrogen-bond donors (Lipinski definition) is 0. The van der Waals surface area contributed by atoms with Crippen LogP contribution in [0.3, 0.4) is 0 Å². The third-order valence-electron chi connectivity index (χ3n) is 3.05. The number of pyridine rings is 1. The second-order valence-electron chi connectivity index (χ2n) is 4.41. The Bertz CT molecular complexity index is 597. The molecule has 1 atom stereocenters. The van der Waals surface area contributed by atoms with E-state index in [1.54, 1.807) is 34.6 Å². The highest BCUT2D eigenvalue weighted by Crippen LogP contribution is 2.27. The van der Waals surface area contributed by atoms with Gasteiger partial charge >= 0.3 is 0 Å². The molecule has 0 aromatic carbocycles. The summed E-state index contributed by atoms with van der Waals surface area (Å²) in [4.78, 5) is 20.6. The van der Waals surface area contributed by atoms with Gasteiger partial charge in [-0.25, -0.2) is 4.98 Å². The van der Waals surface area contributed by atoms with Crippen molar-refractivity contribution in [3.05, 3.63) is 50.4 Å². The van der Waals surface area contributed by atoms with Gasteiger partial charge in [0, 0.05) is 28.6 Å². The van der Waals surface area contributed by atoms with Crippen molar-refractivity contribution in [2.75, 3.05) is 7.05 Å². The van der Waals surface area contributed by atoms with Crippen LogP contribution in [-0.4, -0.2) is 22.8 Å². The Kier molecular flexibility index (Phi) is 4.37. The Hall–Kier alpha value is -1.20. The second kappa shape index (κ2) is 5.84. The van der Waals surface area contributed by atoms with Crippen LogP contribution in [0.2, 0.25) is 0 Å².